The Morgan fingerprint density at radius 1 is 0.909 bits per heavy atom. The van der Waals surface area contributed by atoms with E-state index >= 15 is 0 Å². The van der Waals surface area contributed by atoms with Crippen LogP contribution in [0.2, 0.25) is 0 Å². The van der Waals surface area contributed by atoms with Gasteiger partial charge < -0.3 is 4.74 Å². The molecule has 0 fully saturated rings. The molecule has 0 saturated heterocycles. The van der Waals surface area contributed by atoms with Crippen molar-refractivity contribution in [3.05, 3.63) is 88.9 Å². The van der Waals surface area contributed by atoms with Gasteiger partial charge >= 0.3 is 0 Å². The quantitative estimate of drug-likeness (QED) is 0.340. The summed E-state index contributed by atoms with van der Waals surface area (Å²) >= 11 is 3.32. The summed E-state index contributed by atoms with van der Waals surface area (Å²) in [7, 11) is -1.87. The number of hydrogen-bond donors (Lipinski definition) is 1. The lowest BCUT2D eigenvalue weighted by Crippen LogP contribution is -2.24. The Morgan fingerprint density at radius 2 is 1.55 bits per heavy atom. The number of nitrogens with one attached hydrogen (secondary N) is 1. The van der Waals surface area contributed by atoms with Crippen LogP contribution in [0.5, 0.6) is 5.88 Å². The number of hydrogen-bond acceptors (Lipinski definition) is 6. The lowest BCUT2D eigenvalue weighted by molar-refractivity contribution is 0.228. The number of aromatic nitrogens is 2. The molecule has 0 radical (unpaired) electrons. The number of fused-ring (bicyclic) bond motifs is 1. The maximum atomic E-state index is 12.9. The zero-order chi connectivity index (χ0) is 23.3. The molecule has 0 unspecified atom stereocenters. The van der Waals surface area contributed by atoms with Gasteiger partial charge in [0.05, 0.1) is 15.9 Å². The van der Waals surface area contributed by atoms with E-state index in [4.69, 9.17) is 4.74 Å². The fourth-order valence-electron chi connectivity index (χ4n) is 3.22. The van der Waals surface area contributed by atoms with Crippen LogP contribution in [0.3, 0.4) is 0 Å². The smallest absolute Gasteiger partial charge is 0.263 e. The molecule has 3 aromatic carbocycles. The first-order valence-corrected chi connectivity index (χ1v) is 12.6. The van der Waals surface area contributed by atoms with Crippen LogP contribution in [0.25, 0.3) is 11.0 Å². The second-order valence-electron chi connectivity index (χ2n) is 7.50. The van der Waals surface area contributed by atoms with E-state index in [-0.39, 0.29) is 16.6 Å². The van der Waals surface area contributed by atoms with Crippen molar-refractivity contribution in [2.45, 2.75) is 11.4 Å². The number of benzene rings is 3. The lowest BCUT2D eigenvalue weighted by Gasteiger charge is -2.18. The van der Waals surface area contributed by atoms with Gasteiger partial charge in [0.25, 0.3) is 15.9 Å². The molecule has 9 heteroatoms. The van der Waals surface area contributed by atoms with Gasteiger partial charge in [-0.25, -0.2) is 18.4 Å². The Labute approximate surface area is 201 Å². The van der Waals surface area contributed by atoms with Crippen molar-refractivity contribution in [1.29, 1.82) is 0 Å². The number of anilines is 1. The van der Waals surface area contributed by atoms with Gasteiger partial charge in [-0.05, 0) is 49.0 Å². The summed E-state index contributed by atoms with van der Waals surface area (Å²) in [6.45, 7) is 1.72. The summed E-state index contributed by atoms with van der Waals surface area (Å²) in [5.41, 5.74) is 2.39. The van der Waals surface area contributed by atoms with Gasteiger partial charge in [0.2, 0.25) is 5.82 Å². The van der Waals surface area contributed by atoms with Crippen molar-refractivity contribution in [3.63, 3.8) is 0 Å². The second-order valence-corrected chi connectivity index (χ2v) is 10.1. The molecule has 7 nitrogen and oxygen atoms in total. The Balaban J connectivity index is 1.52. The molecule has 4 rings (SSSR count). The third-order valence-corrected chi connectivity index (χ3v) is 6.78. The number of nitrogens with zero attached hydrogens (tertiary/aromatic N) is 3. The first-order valence-electron chi connectivity index (χ1n) is 10.3. The van der Waals surface area contributed by atoms with Crippen molar-refractivity contribution in [3.8, 4) is 5.88 Å². The van der Waals surface area contributed by atoms with Crippen molar-refractivity contribution in [2.75, 3.05) is 24.9 Å². The molecule has 1 N–H and O–H groups in total. The summed E-state index contributed by atoms with van der Waals surface area (Å²) in [5, 5.41) is 0. The highest BCUT2D eigenvalue weighted by atomic mass is 79.9. The Kier molecular flexibility index (Phi) is 7.22. The molecule has 0 aliphatic heterocycles. The molecule has 4 aromatic rings. The number of rotatable bonds is 9. The molecule has 0 atom stereocenters. The maximum Gasteiger partial charge on any atom is 0.263 e. The fourth-order valence-corrected chi connectivity index (χ4v) is 4.49. The Bertz CT molecular complexity index is 1330. The second kappa shape index (κ2) is 10.3. The highest BCUT2D eigenvalue weighted by Gasteiger charge is 2.20. The van der Waals surface area contributed by atoms with Crippen molar-refractivity contribution in [1.82, 2.24) is 14.9 Å². The topological polar surface area (TPSA) is 84.4 Å². The summed E-state index contributed by atoms with van der Waals surface area (Å²) in [6, 6.07) is 23.8. The number of halogens is 1. The number of para-hydroxylation sites is 2. The van der Waals surface area contributed by atoms with Gasteiger partial charge in [-0.1, -0.05) is 58.4 Å². The highest BCUT2D eigenvalue weighted by molar-refractivity contribution is 9.10. The Hall–Kier alpha value is -3.01. The Morgan fingerprint density at radius 3 is 2.24 bits per heavy atom. The maximum absolute atomic E-state index is 12.9. The first-order chi connectivity index (χ1) is 15.9. The van der Waals surface area contributed by atoms with Gasteiger partial charge in [-0.3, -0.25) is 9.62 Å². The number of ether oxygens (including phenoxy) is 1. The van der Waals surface area contributed by atoms with Crippen LogP contribution >= 0.6 is 15.9 Å². The summed E-state index contributed by atoms with van der Waals surface area (Å²) in [4.78, 5) is 11.2. The molecule has 1 heterocycles. The largest absolute Gasteiger partial charge is 0.474 e. The molecule has 0 aliphatic rings. The monoisotopic (exact) mass is 526 g/mol. The summed E-state index contributed by atoms with van der Waals surface area (Å²) in [6.07, 6.45) is 0. The van der Waals surface area contributed by atoms with Crippen molar-refractivity contribution >= 4 is 42.8 Å². The molecular formula is C24H23BrN4O3S. The predicted octanol–water partition coefficient (Wildman–Crippen LogP) is 4.70. The molecule has 0 bridgehead atoms. The fraction of sp³-hybridized carbons (Fsp3) is 0.167. The average molecular weight is 527 g/mol. The SMILES string of the molecule is CN(CCOc1nc2ccccc2nc1NS(=O)(=O)c1ccc(Br)cc1)Cc1ccccc1. The van der Waals surface area contributed by atoms with Gasteiger partial charge in [-0.15, -0.1) is 0 Å². The van der Waals surface area contributed by atoms with E-state index in [9.17, 15) is 8.42 Å². The average Bonchev–Trinajstić information content (AvgIpc) is 2.80. The molecule has 0 aliphatic carbocycles. The van der Waals surface area contributed by atoms with Crippen molar-refractivity contribution in [2.24, 2.45) is 0 Å². The normalized spacial score (nSPS) is 11.6. The van der Waals surface area contributed by atoms with Gasteiger partial charge in [0.15, 0.2) is 0 Å². The molecule has 0 amide bonds. The van der Waals surface area contributed by atoms with E-state index < -0.39 is 10.0 Å². The van der Waals surface area contributed by atoms with E-state index in [1.165, 1.54) is 17.7 Å². The van der Waals surface area contributed by atoms with E-state index in [1.54, 1.807) is 18.2 Å². The van der Waals surface area contributed by atoms with Crippen LogP contribution in [-0.4, -0.2) is 43.5 Å². The van der Waals surface area contributed by atoms with Gasteiger partial charge in [0, 0.05) is 17.6 Å². The van der Waals surface area contributed by atoms with Crippen LogP contribution in [0.15, 0.2) is 88.2 Å². The zero-order valence-electron chi connectivity index (χ0n) is 18.0. The third kappa shape index (κ3) is 6.07. The highest BCUT2D eigenvalue weighted by Crippen LogP contribution is 2.26. The zero-order valence-corrected chi connectivity index (χ0v) is 20.4. The molecular weight excluding hydrogens is 504 g/mol. The standard InChI is InChI=1S/C24H23BrN4O3S/c1-29(17-18-7-3-2-4-8-18)15-16-32-24-23(26-21-9-5-6-10-22(21)27-24)28-33(30,31)20-13-11-19(25)12-14-20/h2-14H,15-17H2,1H3,(H,26,28). The molecule has 0 spiro atoms. The minimum atomic E-state index is -3.87. The molecule has 0 saturated carbocycles. The van der Waals surface area contributed by atoms with Crippen LogP contribution in [0.4, 0.5) is 5.82 Å². The van der Waals surface area contributed by atoms with Gasteiger partial charge in [0.1, 0.15) is 6.61 Å². The molecule has 1 aromatic heterocycles. The van der Waals surface area contributed by atoms with Crippen LogP contribution in [-0.2, 0) is 16.6 Å². The lowest BCUT2D eigenvalue weighted by atomic mass is 10.2. The van der Waals surface area contributed by atoms with E-state index in [1.807, 2.05) is 43.4 Å². The minimum Gasteiger partial charge on any atom is -0.474 e. The molecule has 33 heavy (non-hydrogen) atoms. The third-order valence-electron chi connectivity index (χ3n) is 4.90. The van der Waals surface area contributed by atoms with E-state index in [2.05, 4.69) is 47.7 Å². The molecule has 170 valence electrons. The summed E-state index contributed by atoms with van der Waals surface area (Å²) < 4.78 is 35.1. The minimum absolute atomic E-state index is 0.0577. The van der Waals surface area contributed by atoms with Crippen LogP contribution < -0.4 is 9.46 Å². The van der Waals surface area contributed by atoms with Gasteiger partial charge in [-0.2, -0.15) is 0 Å². The predicted molar refractivity (Wildman–Crippen MR) is 133 cm³/mol. The summed E-state index contributed by atoms with van der Waals surface area (Å²) in [5.74, 6) is 0.199. The van der Waals surface area contributed by atoms with Crippen molar-refractivity contribution < 1.29 is 13.2 Å². The van der Waals surface area contributed by atoms with Crippen LogP contribution in [0.1, 0.15) is 5.56 Å². The number of likely N-dealkylation sites (N-methyl/N-ethyl adjacent to an activating group) is 1. The first kappa shape index (κ1) is 23.2. The van der Waals surface area contributed by atoms with Crippen LogP contribution in [0, 0.1) is 0 Å². The van der Waals surface area contributed by atoms with E-state index in [0.29, 0.717) is 24.2 Å². The number of sulfonamides is 1. The van der Waals surface area contributed by atoms with E-state index in [0.717, 1.165) is 11.0 Å².